The van der Waals surface area contributed by atoms with Crippen LogP contribution in [0.4, 0.5) is 0 Å². The van der Waals surface area contributed by atoms with E-state index >= 15 is 0 Å². The Balaban J connectivity index is 2.19. The molecule has 2 aromatic carbocycles. The molecule has 0 aliphatic carbocycles. The first-order valence-corrected chi connectivity index (χ1v) is 11.6. The minimum absolute atomic E-state index is 0.408. The quantitative estimate of drug-likeness (QED) is 0.655. The van der Waals surface area contributed by atoms with Crippen molar-refractivity contribution >= 4 is 25.0 Å². The zero-order chi connectivity index (χ0) is 16.3. The lowest BCUT2D eigenvalue weighted by Gasteiger charge is -2.24. The Kier molecular flexibility index (Phi) is 5.24. The molecule has 0 aliphatic heterocycles. The molecule has 118 valence electrons. The predicted octanol–water partition coefficient (Wildman–Crippen LogP) is 4.26. The van der Waals surface area contributed by atoms with Crippen molar-refractivity contribution in [3.63, 3.8) is 0 Å². The fraction of sp³-hybridized carbons (Fsp3) is 0.333. The number of methoxy groups -OCH3 is 1. The monoisotopic (exact) mass is 332 g/mol. The molecule has 22 heavy (non-hydrogen) atoms. The lowest BCUT2D eigenvalue weighted by molar-refractivity contribution is 0.418. The summed E-state index contributed by atoms with van der Waals surface area (Å²) in [6.07, 6.45) is 0. The number of benzene rings is 2. The Hall–Kier alpha value is -1.39. The van der Waals surface area contributed by atoms with Gasteiger partial charge >= 0.3 is 0 Å². The van der Waals surface area contributed by atoms with E-state index in [4.69, 9.17) is 4.74 Å². The van der Waals surface area contributed by atoms with Crippen LogP contribution in [-0.4, -0.2) is 25.7 Å². The number of aromatic hydroxyl groups is 1. The van der Waals surface area contributed by atoms with Crippen LogP contribution in [0.15, 0.2) is 41.3 Å². The van der Waals surface area contributed by atoms with Crippen LogP contribution in [0.2, 0.25) is 13.1 Å². The van der Waals surface area contributed by atoms with Crippen LogP contribution < -0.4 is 9.92 Å². The normalized spacial score (nSPS) is 11.5. The van der Waals surface area contributed by atoms with Gasteiger partial charge in [-0.05, 0) is 53.7 Å². The maximum absolute atomic E-state index is 9.89. The highest BCUT2D eigenvalue weighted by Crippen LogP contribution is 2.30. The zero-order valence-corrected chi connectivity index (χ0v) is 15.8. The number of phenolic OH excluding ortho intramolecular Hbond substituents is 1. The summed E-state index contributed by atoms with van der Waals surface area (Å²) < 4.78 is 5.53. The SMILES string of the molecule is COc1ccccc1[Si](C)(C)CSc1cc(C)c(O)c(C)c1. The highest BCUT2D eigenvalue weighted by atomic mass is 32.2. The first kappa shape index (κ1) is 17.0. The molecule has 0 aliphatic rings. The van der Waals surface area contributed by atoms with Gasteiger partial charge in [0.25, 0.3) is 0 Å². The van der Waals surface area contributed by atoms with Gasteiger partial charge in [0.2, 0.25) is 0 Å². The van der Waals surface area contributed by atoms with Crippen molar-refractivity contribution in [3.8, 4) is 11.5 Å². The summed E-state index contributed by atoms with van der Waals surface area (Å²) in [6, 6.07) is 12.5. The van der Waals surface area contributed by atoms with E-state index in [0.29, 0.717) is 5.75 Å². The molecular weight excluding hydrogens is 308 g/mol. The van der Waals surface area contributed by atoms with Gasteiger partial charge in [-0.15, -0.1) is 11.8 Å². The molecule has 1 N–H and O–H groups in total. The van der Waals surface area contributed by atoms with Gasteiger partial charge in [-0.3, -0.25) is 0 Å². The van der Waals surface area contributed by atoms with Crippen molar-refractivity contribution in [1.29, 1.82) is 0 Å². The molecule has 2 nitrogen and oxygen atoms in total. The van der Waals surface area contributed by atoms with Crippen molar-refractivity contribution in [3.05, 3.63) is 47.5 Å². The first-order chi connectivity index (χ1) is 10.3. The van der Waals surface area contributed by atoms with Crippen molar-refractivity contribution < 1.29 is 9.84 Å². The number of para-hydroxylation sites is 1. The molecule has 0 bridgehead atoms. The van der Waals surface area contributed by atoms with Gasteiger partial charge in [0.15, 0.2) is 0 Å². The van der Waals surface area contributed by atoms with E-state index in [0.717, 1.165) is 22.3 Å². The Bertz CT molecular complexity index is 645. The highest BCUT2D eigenvalue weighted by Gasteiger charge is 2.27. The summed E-state index contributed by atoms with van der Waals surface area (Å²) in [5.74, 6) is 1.41. The molecule has 2 rings (SSSR count). The number of phenols is 1. The van der Waals surface area contributed by atoms with Crippen LogP contribution in [0.1, 0.15) is 11.1 Å². The van der Waals surface area contributed by atoms with E-state index in [1.165, 1.54) is 10.1 Å². The number of rotatable bonds is 5. The molecule has 0 aromatic heterocycles. The average molecular weight is 333 g/mol. The molecule has 0 radical (unpaired) electrons. The zero-order valence-electron chi connectivity index (χ0n) is 13.9. The van der Waals surface area contributed by atoms with E-state index in [1.807, 2.05) is 37.7 Å². The van der Waals surface area contributed by atoms with Crippen molar-refractivity contribution in [2.75, 3.05) is 12.5 Å². The molecule has 0 saturated carbocycles. The van der Waals surface area contributed by atoms with Crippen molar-refractivity contribution in [1.82, 2.24) is 0 Å². The fourth-order valence-corrected chi connectivity index (χ4v) is 7.20. The Labute approximate surface area is 138 Å². The molecule has 0 amide bonds. The summed E-state index contributed by atoms with van der Waals surface area (Å²) in [4.78, 5) is 1.23. The van der Waals surface area contributed by atoms with Crippen LogP contribution in [-0.2, 0) is 0 Å². The van der Waals surface area contributed by atoms with Crippen LogP contribution in [0.25, 0.3) is 0 Å². The van der Waals surface area contributed by atoms with Gasteiger partial charge < -0.3 is 9.84 Å². The largest absolute Gasteiger partial charge is 0.507 e. The smallest absolute Gasteiger partial charge is 0.121 e. The van der Waals surface area contributed by atoms with Gasteiger partial charge in [-0.25, -0.2) is 0 Å². The highest BCUT2D eigenvalue weighted by molar-refractivity contribution is 8.01. The Morgan fingerprint density at radius 1 is 1.09 bits per heavy atom. The minimum Gasteiger partial charge on any atom is -0.507 e. The second kappa shape index (κ2) is 6.80. The van der Waals surface area contributed by atoms with E-state index in [9.17, 15) is 5.11 Å². The maximum Gasteiger partial charge on any atom is 0.121 e. The molecule has 4 heteroatoms. The predicted molar refractivity (Wildman–Crippen MR) is 98.4 cm³/mol. The summed E-state index contributed by atoms with van der Waals surface area (Å²) >= 11 is 1.87. The van der Waals surface area contributed by atoms with Gasteiger partial charge in [-0.1, -0.05) is 31.3 Å². The Morgan fingerprint density at radius 3 is 2.27 bits per heavy atom. The van der Waals surface area contributed by atoms with Gasteiger partial charge in [0.1, 0.15) is 11.5 Å². The summed E-state index contributed by atoms with van der Waals surface area (Å²) in [6.45, 7) is 8.65. The van der Waals surface area contributed by atoms with E-state index < -0.39 is 8.07 Å². The molecular formula is C18H24O2SSi. The molecule has 0 saturated heterocycles. The van der Waals surface area contributed by atoms with Gasteiger partial charge in [0.05, 0.1) is 15.2 Å². The number of aryl methyl sites for hydroxylation is 2. The first-order valence-electron chi connectivity index (χ1n) is 7.41. The lowest BCUT2D eigenvalue weighted by Crippen LogP contribution is -2.45. The summed E-state index contributed by atoms with van der Waals surface area (Å²) in [7, 11) is 0.139. The number of hydrogen-bond donors (Lipinski definition) is 1. The third-order valence-electron chi connectivity index (χ3n) is 3.90. The molecule has 0 spiro atoms. The van der Waals surface area contributed by atoms with Crippen LogP contribution >= 0.6 is 11.8 Å². The molecule has 0 fully saturated rings. The van der Waals surface area contributed by atoms with Crippen molar-refractivity contribution in [2.45, 2.75) is 31.8 Å². The number of ether oxygens (including phenoxy) is 1. The molecule has 0 atom stereocenters. The van der Waals surface area contributed by atoms with Crippen LogP contribution in [0, 0.1) is 13.8 Å². The van der Waals surface area contributed by atoms with Crippen LogP contribution in [0.5, 0.6) is 11.5 Å². The summed E-state index contributed by atoms with van der Waals surface area (Å²) in [5.41, 5.74) is 1.89. The second-order valence-corrected chi connectivity index (χ2v) is 12.5. The van der Waals surface area contributed by atoms with Crippen molar-refractivity contribution in [2.24, 2.45) is 0 Å². The Morgan fingerprint density at radius 2 is 1.68 bits per heavy atom. The maximum atomic E-state index is 9.89. The fourth-order valence-electron chi connectivity index (χ4n) is 2.54. The molecule has 0 heterocycles. The number of hydrogen-bond acceptors (Lipinski definition) is 3. The van der Waals surface area contributed by atoms with E-state index in [1.54, 1.807) is 7.11 Å². The topological polar surface area (TPSA) is 29.5 Å². The van der Waals surface area contributed by atoms with E-state index in [2.05, 4.69) is 37.4 Å². The van der Waals surface area contributed by atoms with Gasteiger partial charge in [-0.2, -0.15) is 0 Å². The third kappa shape index (κ3) is 3.68. The third-order valence-corrected chi connectivity index (χ3v) is 9.80. The summed E-state index contributed by atoms with van der Waals surface area (Å²) in [5, 5.41) is 12.3. The van der Waals surface area contributed by atoms with Gasteiger partial charge in [0, 0.05) is 4.90 Å². The second-order valence-electron chi connectivity index (χ2n) is 6.28. The van der Waals surface area contributed by atoms with E-state index in [-0.39, 0.29) is 0 Å². The standard InChI is InChI=1S/C18H24O2SSi/c1-13-10-15(11-14(2)18(13)19)21-12-22(4,5)17-9-7-6-8-16(17)20-3/h6-11,19H,12H2,1-5H3. The molecule has 2 aromatic rings. The number of thioether (sulfide) groups is 1. The average Bonchev–Trinajstić information content (AvgIpc) is 2.50. The molecule has 0 unspecified atom stereocenters. The lowest BCUT2D eigenvalue weighted by atomic mass is 10.1. The minimum atomic E-state index is -1.60. The van der Waals surface area contributed by atoms with Crippen LogP contribution in [0.3, 0.4) is 0 Å².